The summed E-state index contributed by atoms with van der Waals surface area (Å²) >= 11 is 5.55. The van der Waals surface area contributed by atoms with Gasteiger partial charge in [0.1, 0.15) is 12.1 Å². The van der Waals surface area contributed by atoms with Gasteiger partial charge in [-0.25, -0.2) is 0 Å². The number of nitriles is 2. The maximum atomic E-state index is 8.03. The van der Waals surface area contributed by atoms with Crippen molar-refractivity contribution in [1.29, 1.82) is 10.5 Å². The normalized spacial score (nSPS) is 9.14. The fraction of sp³-hybridized carbons (Fsp3) is 0.333. The van der Waals surface area contributed by atoms with Crippen LogP contribution in [-0.4, -0.2) is 3.23 Å². The van der Waals surface area contributed by atoms with Gasteiger partial charge in [-0.3, -0.25) is 0 Å². The van der Waals surface area contributed by atoms with Gasteiger partial charge in [0.2, 0.25) is 0 Å². The molecule has 0 aliphatic rings. The van der Waals surface area contributed by atoms with E-state index in [4.69, 9.17) is 10.5 Å². The van der Waals surface area contributed by atoms with Crippen LogP contribution in [0, 0.1) is 22.7 Å². The zero-order chi connectivity index (χ0) is 5.91. The first-order chi connectivity index (χ1) is 3.12. The van der Waals surface area contributed by atoms with Crippen LogP contribution in [0.1, 0.15) is 0 Å². The Morgan fingerprint density at radius 1 is 1.14 bits per heavy atom. The molecule has 0 aliphatic heterocycles. The minimum atomic E-state index is -1.18. The van der Waals surface area contributed by atoms with Crippen LogP contribution in [0.15, 0.2) is 0 Å². The van der Waals surface area contributed by atoms with E-state index in [-0.39, 0.29) is 0 Å². The molecule has 0 bridgehead atoms. The fourth-order valence-corrected chi connectivity index (χ4v) is 0.0250. The van der Waals surface area contributed by atoms with Gasteiger partial charge in [0, 0.05) is 0 Å². The third-order valence-electron chi connectivity index (χ3n) is 0.281. The molecule has 7 heavy (non-hydrogen) atoms. The number of hydrogen-bond acceptors (Lipinski definition) is 2. The monoisotopic (exact) mass is 222 g/mol. The largest absolute Gasteiger partial charge is 0.251 e. The van der Waals surface area contributed by atoms with Crippen LogP contribution >= 0.6 is 31.9 Å². The third kappa shape index (κ3) is 2.61. The standard InChI is InChI=1S/C3Br2N2/c4-3(5,1-6)2-7. The van der Waals surface area contributed by atoms with Crippen LogP contribution in [0.25, 0.3) is 0 Å². The molecule has 0 spiro atoms. The highest BCUT2D eigenvalue weighted by molar-refractivity contribution is 9.25. The second-order valence-electron chi connectivity index (χ2n) is 0.798. The molecule has 0 atom stereocenters. The van der Waals surface area contributed by atoms with Crippen LogP contribution in [0.4, 0.5) is 0 Å². The molecule has 36 valence electrons. The molecule has 0 aromatic heterocycles. The Bertz CT molecular complexity index is 122. The molecule has 0 rings (SSSR count). The molecule has 0 fully saturated rings. The summed E-state index contributed by atoms with van der Waals surface area (Å²) in [5, 5.41) is 16.1. The van der Waals surface area contributed by atoms with Crippen molar-refractivity contribution >= 4 is 31.9 Å². The van der Waals surface area contributed by atoms with Crippen molar-refractivity contribution in [3.63, 3.8) is 0 Å². The smallest absolute Gasteiger partial charge is 0.195 e. The number of nitrogens with zero attached hydrogens (tertiary/aromatic N) is 2. The molecule has 0 heterocycles. The Labute approximate surface area is 58.0 Å². The van der Waals surface area contributed by atoms with Gasteiger partial charge in [-0.2, -0.15) is 10.5 Å². The summed E-state index contributed by atoms with van der Waals surface area (Å²) in [7, 11) is 0. The fourth-order valence-electron chi connectivity index (χ4n) is 0.0250. The van der Waals surface area contributed by atoms with Crippen LogP contribution in [0.5, 0.6) is 0 Å². The molecule has 0 N–H and O–H groups in total. The predicted molar refractivity (Wildman–Crippen MR) is 31.8 cm³/mol. The first kappa shape index (κ1) is 6.94. The van der Waals surface area contributed by atoms with E-state index < -0.39 is 3.23 Å². The highest BCUT2D eigenvalue weighted by atomic mass is 79.9. The van der Waals surface area contributed by atoms with Crippen molar-refractivity contribution in [2.75, 3.05) is 0 Å². The van der Waals surface area contributed by atoms with Gasteiger partial charge in [-0.1, -0.05) is 0 Å². The van der Waals surface area contributed by atoms with Crippen LogP contribution in [0.2, 0.25) is 0 Å². The van der Waals surface area contributed by atoms with E-state index in [0.717, 1.165) is 0 Å². The SMILES string of the molecule is N#CC(Br)(Br)C#N. The van der Waals surface area contributed by atoms with Crippen molar-refractivity contribution < 1.29 is 0 Å². The van der Waals surface area contributed by atoms with E-state index in [0.29, 0.717) is 0 Å². The van der Waals surface area contributed by atoms with Crippen LogP contribution < -0.4 is 0 Å². The number of hydrogen-bond donors (Lipinski definition) is 0. The third-order valence-corrected chi connectivity index (χ3v) is 0.990. The summed E-state index contributed by atoms with van der Waals surface area (Å²) in [5.74, 6) is 0. The minimum Gasteiger partial charge on any atom is -0.195 e. The highest BCUT2D eigenvalue weighted by Crippen LogP contribution is 2.22. The first-order valence-electron chi connectivity index (χ1n) is 1.33. The van der Waals surface area contributed by atoms with Crippen LogP contribution in [-0.2, 0) is 0 Å². The molecule has 0 saturated carbocycles. The summed E-state index contributed by atoms with van der Waals surface area (Å²) in [6.45, 7) is 0. The summed E-state index contributed by atoms with van der Waals surface area (Å²) in [4.78, 5) is 0. The lowest BCUT2D eigenvalue weighted by atomic mass is 10.5. The van der Waals surface area contributed by atoms with E-state index in [1.807, 2.05) is 0 Å². The van der Waals surface area contributed by atoms with E-state index >= 15 is 0 Å². The summed E-state index contributed by atoms with van der Waals surface area (Å²) in [6, 6.07) is 3.33. The second-order valence-corrected chi connectivity index (χ2v) is 4.24. The Hall–Kier alpha value is -0.0600. The Morgan fingerprint density at radius 3 is 1.43 bits per heavy atom. The Morgan fingerprint density at radius 2 is 1.43 bits per heavy atom. The second kappa shape index (κ2) is 2.30. The number of alkyl halides is 2. The highest BCUT2D eigenvalue weighted by Gasteiger charge is 2.19. The number of halogens is 2. The average molecular weight is 224 g/mol. The lowest BCUT2D eigenvalue weighted by Crippen LogP contribution is -2.00. The van der Waals surface area contributed by atoms with E-state index in [9.17, 15) is 0 Å². The van der Waals surface area contributed by atoms with Crippen molar-refractivity contribution in [3.05, 3.63) is 0 Å². The Balaban J connectivity index is 4.00. The first-order valence-corrected chi connectivity index (χ1v) is 2.91. The van der Waals surface area contributed by atoms with Gasteiger partial charge in [-0.05, 0) is 31.9 Å². The molecule has 0 aromatic carbocycles. The lowest BCUT2D eigenvalue weighted by molar-refractivity contribution is 1.32. The van der Waals surface area contributed by atoms with Gasteiger partial charge in [0.05, 0.1) is 0 Å². The zero-order valence-electron chi connectivity index (χ0n) is 3.15. The molecular formula is C3Br2N2. The molecule has 2 nitrogen and oxygen atoms in total. The Kier molecular flexibility index (Phi) is 2.28. The quantitative estimate of drug-likeness (QED) is 0.585. The molecular weight excluding hydrogens is 224 g/mol. The van der Waals surface area contributed by atoms with Gasteiger partial charge in [-0.15, -0.1) is 0 Å². The maximum Gasteiger partial charge on any atom is 0.251 e. The summed E-state index contributed by atoms with van der Waals surface area (Å²) in [6.07, 6.45) is 0. The van der Waals surface area contributed by atoms with Crippen molar-refractivity contribution in [2.24, 2.45) is 0 Å². The van der Waals surface area contributed by atoms with Crippen molar-refractivity contribution in [1.82, 2.24) is 0 Å². The molecule has 0 amide bonds. The van der Waals surface area contributed by atoms with Crippen molar-refractivity contribution in [3.8, 4) is 12.1 Å². The minimum absolute atomic E-state index is 1.18. The molecule has 0 saturated heterocycles. The van der Waals surface area contributed by atoms with Gasteiger partial charge >= 0.3 is 0 Å². The van der Waals surface area contributed by atoms with E-state index in [1.165, 1.54) is 0 Å². The summed E-state index contributed by atoms with van der Waals surface area (Å²) in [5.41, 5.74) is 0. The molecule has 4 heteroatoms. The van der Waals surface area contributed by atoms with Crippen molar-refractivity contribution in [2.45, 2.75) is 3.23 Å². The molecule has 0 radical (unpaired) electrons. The van der Waals surface area contributed by atoms with E-state index in [2.05, 4.69) is 31.9 Å². The molecule has 0 unspecified atom stereocenters. The topological polar surface area (TPSA) is 47.6 Å². The summed E-state index contributed by atoms with van der Waals surface area (Å²) < 4.78 is -1.18. The number of rotatable bonds is 0. The molecule has 0 aliphatic carbocycles. The van der Waals surface area contributed by atoms with Gasteiger partial charge in [0.15, 0.2) is 0 Å². The lowest BCUT2D eigenvalue weighted by Gasteiger charge is -1.91. The zero-order valence-corrected chi connectivity index (χ0v) is 6.32. The predicted octanol–water partition coefficient (Wildman–Crippen LogP) is 1.52. The average Bonchev–Trinajstić information content (AvgIpc) is 1.68. The van der Waals surface area contributed by atoms with Crippen LogP contribution in [0.3, 0.4) is 0 Å². The van der Waals surface area contributed by atoms with E-state index in [1.54, 1.807) is 12.1 Å². The van der Waals surface area contributed by atoms with Gasteiger partial charge < -0.3 is 0 Å². The maximum absolute atomic E-state index is 8.03. The van der Waals surface area contributed by atoms with Gasteiger partial charge in [0.25, 0.3) is 3.23 Å². The molecule has 0 aromatic rings.